The van der Waals surface area contributed by atoms with Gasteiger partial charge in [0.05, 0.1) is 19.6 Å². The molecule has 6 nitrogen and oxygen atoms in total. The summed E-state index contributed by atoms with van der Waals surface area (Å²) in [6.07, 6.45) is -1.21. The monoisotopic (exact) mass is 231 g/mol. The molecule has 0 spiro atoms. The Morgan fingerprint density at radius 2 is 2.06 bits per heavy atom. The summed E-state index contributed by atoms with van der Waals surface area (Å²) in [5, 5.41) is 17.4. The Morgan fingerprint density at radius 3 is 2.50 bits per heavy atom. The van der Waals surface area contributed by atoms with E-state index < -0.39 is 24.6 Å². The molecule has 0 aromatic carbocycles. The third-order valence-electron chi connectivity index (χ3n) is 1.69. The van der Waals surface area contributed by atoms with Gasteiger partial charge in [0, 0.05) is 6.42 Å². The second-order valence-corrected chi connectivity index (χ2v) is 3.40. The first-order valence-corrected chi connectivity index (χ1v) is 4.79. The number of aliphatic hydroxyl groups is 2. The van der Waals surface area contributed by atoms with Gasteiger partial charge in [-0.15, -0.1) is 0 Å². The first-order valence-electron chi connectivity index (χ1n) is 4.79. The fraction of sp³-hybridized carbons (Fsp3) is 0.700. The van der Waals surface area contributed by atoms with Crippen LogP contribution in [0.3, 0.4) is 0 Å². The van der Waals surface area contributed by atoms with E-state index in [1.165, 1.54) is 13.2 Å². The molecule has 6 heteroatoms. The highest BCUT2D eigenvalue weighted by molar-refractivity contribution is 5.98. The molecule has 0 bridgehead atoms. The van der Waals surface area contributed by atoms with Crippen LogP contribution in [-0.2, 0) is 19.1 Å². The van der Waals surface area contributed by atoms with Crippen molar-refractivity contribution < 1.29 is 29.3 Å². The molecule has 0 aliphatic rings. The van der Waals surface area contributed by atoms with Crippen LogP contribution in [0.25, 0.3) is 0 Å². The molecule has 0 saturated carbocycles. The van der Waals surface area contributed by atoms with E-state index >= 15 is 0 Å². The summed E-state index contributed by atoms with van der Waals surface area (Å²) in [4.78, 5) is 32.1. The minimum absolute atomic E-state index is 0.246. The van der Waals surface area contributed by atoms with Crippen LogP contribution in [-0.4, -0.2) is 53.5 Å². The Morgan fingerprint density at radius 1 is 1.44 bits per heavy atom. The molecule has 0 aromatic rings. The SMILES string of the molecule is CC(=O)CC(=O)CC([C]=O)OCC(O)CO. The lowest BCUT2D eigenvalue weighted by Crippen LogP contribution is -2.27. The van der Waals surface area contributed by atoms with Crippen molar-refractivity contribution in [2.45, 2.75) is 32.0 Å². The van der Waals surface area contributed by atoms with Crippen LogP contribution >= 0.6 is 0 Å². The van der Waals surface area contributed by atoms with E-state index in [-0.39, 0.29) is 25.2 Å². The molecule has 0 rings (SSSR count). The van der Waals surface area contributed by atoms with Gasteiger partial charge in [-0.3, -0.25) is 14.4 Å². The van der Waals surface area contributed by atoms with E-state index in [2.05, 4.69) is 0 Å². The first kappa shape index (κ1) is 14.9. The maximum absolute atomic E-state index is 11.1. The second-order valence-electron chi connectivity index (χ2n) is 3.40. The van der Waals surface area contributed by atoms with Crippen LogP contribution in [0.2, 0.25) is 0 Å². The summed E-state index contributed by atoms with van der Waals surface area (Å²) in [6, 6.07) is 0. The van der Waals surface area contributed by atoms with Crippen molar-refractivity contribution in [2.24, 2.45) is 0 Å². The zero-order valence-corrected chi connectivity index (χ0v) is 9.01. The first-order chi connectivity index (χ1) is 7.49. The Balaban J connectivity index is 3.95. The molecule has 2 atom stereocenters. The number of Topliss-reactive ketones (excluding diaryl/α,β-unsaturated/α-hetero) is 2. The van der Waals surface area contributed by atoms with Crippen LogP contribution in [0.1, 0.15) is 19.8 Å². The molecule has 0 heterocycles. The van der Waals surface area contributed by atoms with Gasteiger partial charge >= 0.3 is 0 Å². The minimum atomic E-state index is -1.10. The van der Waals surface area contributed by atoms with Crippen LogP contribution in [0.4, 0.5) is 0 Å². The summed E-state index contributed by atoms with van der Waals surface area (Å²) < 4.78 is 4.83. The van der Waals surface area contributed by atoms with Crippen LogP contribution < -0.4 is 0 Å². The number of ether oxygens (including phenoxy) is 1. The molecule has 0 amide bonds. The van der Waals surface area contributed by atoms with Crippen molar-refractivity contribution in [1.29, 1.82) is 0 Å². The lowest BCUT2D eigenvalue weighted by Gasteiger charge is -2.12. The molecule has 0 aromatic heterocycles. The second kappa shape index (κ2) is 8.09. The highest BCUT2D eigenvalue weighted by Gasteiger charge is 2.17. The molecule has 0 aliphatic carbocycles. The Kier molecular flexibility index (Phi) is 7.53. The number of hydrogen-bond acceptors (Lipinski definition) is 6. The van der Waals surface area contributed by atoms with E-state index in [9.17, 15) is 14.4 Å². The lowest BCUT2D eigenvalue weighted by atomic mass is 10.1. The number of aliphatic hydroxyl groups excluding tert-OH is 2. The average molecular weight is 231 g/mol. The highest BCUT2D eigenvalue weighted by atomic mass is 16.5. The number of hydrogen-bond donors (Lipinski definition) is 2. The highest BCUT2D eigenvalue weighted by Crippen LogP contribution is 2.01. The van der Waals surface area contributed by atoms with Crippen molar-refractivity contribution in [3.05, 3.63) is 0 Å². The Labute approximate surface area is 93.2 Å². The van der Waals surface area contributed by atoms with E-state index in [1.807, 2.05) is 0 Å². The van der Waals surface area contributed by atoms with Crippen LogP contribution in [0.5, 0.6) is 0 Å². The fourth-order valence-electron chi connectivity index (χ4n) is 0.971. The molecular formula is C10H15O6. The number of rotatable bonds is 9. The predicted molar refractivity (Wildman–Crippen MR) is 53.4 cm³/mol. The Hall–Kier alpha value is -1.11. The predicted octanol–water partition coefficient (Wildman–Crippen LogP) is -1.23. The van der Waals surface area contributed by atoms with Crippen molar-refractivity contribution in [3.8, 4) is 0 Å². The van der Waals surface area contributed by atoms with Gasteiger partial charge in [-0.1, -0.05) is 0 Å². The standard InChI is InChI=1S/C10H15O6/c1-7(13)2-8(14)3-10(5-12)16-6-9(15)4-11/h9-11,15H,2-4,6H2,1H3. The van der Waals surface area contributed by atoms with Crippen molar-refractivity contribution in [2.75, 3.05) is 13.2 Å². The smallest absolute Gasteiger partial charge is 0.230 e. The van der Waals surface area contributed by atoms with Gasteiger partial charge in [0.25, 0.3) is 0 Å². The van der Waals surface area contributed by atoms with E-state index in [4.69, 9.17) is 14.9 Å². The van der Waals surface area contributed by atoms with Gasteiger partial charge in [0.1, 0.15) is 23.8 Å². The molecule has 91 valence electrons. The molecule has 0 fully saturated rings. The van der Waals surface area contributed by atoms with Gasteiger partial charge in [-0.05, 0) is 6.92 Å². The summed E-state index contributed by atoms with van der Waals surface area (Å²) in [5.74, 6) is -0.704. The van der Waals surface area contributed by atoms with Crippen molar-refractivity contribution >= 4 is 17.9 Å². The van der Waals surface area contributed by atoms with Crippen molar-refractivity contribution in [3.63, 3.8) is 0 Å². The van der Waals surface area contributed by atoms with Crippen molar-refractivity contribution in [1.82, 2.24) is 0 Å². The van der Waals surface area contributed by atoms with Gasteiger partial charge < -0.3 is 14.9 Å². The quantitative estimate of drug-likeness (QED) is 0.482. The maximum Gasteiger partial charge on any atom is 0.230 e. The topological polar surface area (TPSA) is 101 Å². The third-order valence-corrected chi connectivity index (χ3v) is 1.69. The normalized spacial score (nSPS) is 14.2. The van der Waals surface area contributed by atoms with E-state index in [0.717, 1.165) is 0 Å². The van der Waals surface area contributed by atoms with Gasteiger partial charge in [0.15, 0.2) is 0 Å². The molecule has 1 radical (unpaired) electrons. The Bertz CT molecular complexity index is 250. The molecule has 2 N–H and O–H groups in total. The van der Waals surface area contributed by atoms with Gasteiger partial charge in [-0.2, -0.15) is 0 Å². The van der Waals surface area contributed by atoms with Gasteiger partial charge in [-0.25, -0.2) is 0 Å². The zero-order valence-electron chi connectivity index (χ0n) is 9.01. The number of carbonyl (C=O) groups excluding carboxylic acids is 3. The number of ketones is 2. The summed E-state index contributed by atoms with van der Waals surface area (Å²) in [7, 11) is 0. The zero-order chi connectivity index (χ0) is 12.6. The maximum atomic E-state index is 11.1. The molecule has 0 aliphatic heterocycles. The third kappa shape index (κ3) is 7.22. The molecule has 0 saturated heterocycles. The summed E-state index contributed by atoms with van der Waals surface area (Å²) in [5.41, 5.74) is 0. The summed E-state index contributed by atoms with van der Waals surface area (Å²) >= 11 is 0. The largest absolute Gasteiger partial charge is 0.394 e. The van der Waals surface area contributed by atoms with E-state index in [0.29, 0.717) is 0 Å². The lowest BCUT2D eigenvalue weighted by molar-refractivity contribution is -0.127. The molecular weight excluding hydrogens is 216 g/mol. The average Bonchev–Trinajstić information content (AvgIpc) is 2.22. The van der Waals surface area contributed by atoms with Crippen LogP contribution in [0.15, 0.2) is 0 Å². The number of carbonyl (C=O) groups is 2. The van der Waals surface area contributed by atoms with E-state index in [1.54, 1.807) is 0 Å². The molecule has 16 heavy (non-hydrogen) atoms. The molecule has 2 unspecified atom stereocenters. The van der Waals surface area contributed by atoms with Crippen LogP contribution in [0, 0.1) is 0 Å². The fourth-order valence-corrected chi connectivity index (χ4v) is 0.971. The minimum Gasteiger partial charge on any atom is -0.394 e. The van der Waals surface area contributed by atoms with Gasteiger partial charge in [0.2, 0.25) is 6.29 Å². The summed E-state index contributed by atoms with van der Waals surface area (Å²) in [6.45, 7) is 0.518.